The van der Waals surface area contributed by atoms with Crippen molar-refractivity contribution in [1.29, 1.82) is 0 Å². The lowest BCUT2D eigenvalue weighted by Crippen LogP contribution is -2.39. The Morgan fingerprint density at radius 1 is 1.11 bits per heavy atom. The third-order valence-electron chi connectivity index (χ3n) is 3.91. The molecule has 0 heterocycles. The zero-order valence-corrected chi connectivity index (χ0v) is 11.0. The molecule has 0 saturated heterocycles. The van der Waals surface area contributed by atoms with Gasteiger partial charge in [-0.25, -0.2) is 0 Å². The molecule has 0 bridgehead atoms. The fourth-order valence-electron chi connectivity index (χ4n) is 2.48. The van der Waals surface area contributed by atoms with Gasteiger partial charge in [-0.15, -0.1) is 0 Å². The second kappa shape index (κ2) is 5.78. The van der Waals surface area contributed by atoms with Gasteiger partial charge in [-0.2, -0.15) is 13.2 Å². The molecule has 106 valence electrons. The summed E-state index contributed by atoms with van der Waals surface area (Å²) in [6, 6.07) is 0.640. The Labute approximate surface area is 107 Å². The maximum absolute atomic E-state index is 12.1. The number of nitrogens with one attached hydrogen (secondary N) is 1. The Kier molecular flexibility index (Phi) is 4.54. The van der Waals surface area contributed by atoms with Crippen LogP contribution in [0, 0.1) is 11.8 Å². The number of rotatable bonds is 8. The van der Waals surface area contributed by atoms with Crippen molar-refractivity contribution in [3.8, 4) is 0 Å². The second-order valence-corrected chi connectivity index (χ2v) is 5.82. The standard InChI is InChI=1S/C13H23F3N2/c1-18(8-6-13(14,15)16)9-7-17-12(10-2-3-10)11-4-5-11/h10-12,17H,2-9H2,1H3. The van der Waals surface area contributed by atoms with Crippen molar-refractivity contribution >= 4 is 0 Å². The first-order chi connectivity index (χ1) is 8.46. The van der Waals surface area contributed by atoms with E-state index in [0.717, 1.165) is 18.4 Å². The van der Waals surface area contributed by atoms with Crippen LogP contribution in [-0.2, 0) is 0 Å². The van der Waals surface area contributed by atoms with Gasteiger partial charge in [0.25, 0.3) is 0 Å². The molecule has 0 aromatic rings. The van der Waals surface area contributed by atoms with Gasteiger partial charge < -0.3 is 10.2 Å². The van der Waals surface area contributed by atoms with E-state index in [1.807, 2.05) is 0 Å². The Morgan fingerprint density at radius 2 is 1.67 bits per heavy atom. The fraction of sp³-hybridized carbons (Fsp3) is 1.00. The van der Waals surface area contributed by atoms with Crippen LogP contribution in [0.2, 0.25) is 0 Å². The first kappa shape index (κ1) is 14.1. The number of hydrogen-bond acceptors (Lipinski definition) is 2. The second-order valence-electron chi connectivity index (χ2n) is 5.82. The van der Waals surface area contributed by atoms with Crippen molar-refractivity contribution in [3.63, 3.8) is 0 Å². The highest BCUT2D eigenvalue weighted by Gasteiger charge is 2.40. The predicted molar refractivity (Wildman–Crippen MR) is 65.4 cm³/mol. The highest BCUT2D eigenvalue weighted by molar-refractivity contribution is 4.96. The zero-order valence-electron chi connectivity index (χ0n) is 11.0. The molecule has 2 aliphatic rings. The van der Waals surface area contributed by atoms with Crippen LogP contribution in [0.5, 0.6) is 0 Å². The molecule has 2 saturated carbocycles. The Bertz CT molecular complexity index is 247. The van der Waals surface area contributed by atoms with E-state index < -0.39 is 12.6 Å². The summed E-state index contributed by atoms with van der Waals surface area (Å²) >= 11 is 0. The van der Waals surface area contributed by atoms with E-state index in [2.05, 4.69) is 5.32 Å². The first-order valence-corrected chi connectivity index (χ1v) is 6.94. The van der Waals surface area contributed by atoms with Crippen molar-refractivity contribution in [1.82, 2.24) is 10.2 Å². The molecule has 0 amide bonds. The van der Waals surface area contributed by atoms with Crippen LogP contribution >= 0.6 is 0 Å². The van der Waals surface area contributed by atoms with Crippen LogP contribution in [0.3, 0.4) is 0 Å². The van der Waals surface area contributed by atoms with E-state index in [1.165, 1.54) is 25.7 Å². The maximum atomic E-state index is 12.1. The number of hydrogen-bond donors (Lipinski definition) is 1. The van der Waals surface area contributed by atoms with Crippen molar-refractivity contribution < 1.29 is 13.2 Å². The lowest BCUT2D eigenvalue weighted by atomic mass is 10.1. The van der Waals surface area contributed by atoms with Crippen molar-refractivity contribution in [2.45, 2.75) is 44.3 Å². The van der Waals surface area contributed by atoms with Gasteiger partial charge in [0.1, 0.15) is 0 Å². The van der Waals surface area contributed by atoms with E-state index in [-0.39, 0.29) is 6.54 Å². The summed E-state index contributed by atoms with van der Waals surface area (Å²) in [6.45, 7) is 1.61. The molecule has 5 heteroatoms. The lowest BCUT2D eigenvalue weighted by Gasteiger charge is -2.21. The Morgan fingerprint density at radius 3 is 2.11 bits per heavy atom. The predicted octanol–water partition coefficient (Wildman–Crippen LogP) is 2.65. The molecule has 1 N–H and O–H groups in total. The largest absolute Gasteiger partial charge is 0.390 e. The van der Waals surface area contributed by atoms with Gasteiger partial charge in [-0.05, 0) is 44.6 Å². The van der Waals surface area contributed by atoms with Crippen LogP contribution in [-0.4, -0.2) is 43.8 Å². The summed E-state index contributed by atoms with van der Waals surface area (Å²) in [4.78, 5) is 1.76. The van der Waals surface area contributed by atoms with Gasteiger partial charge in [0.2, 0.25) is 0 Å². The molecule has 18 heavy (non-hydrogen) atoms. The van der Waals surface area contributed by atoms with Crippen LogP contribution in [0.25, 0.3) is 0 Å². The molecule has 0 aliphatic heterocycles. The van der Waals surface area contributed by atoms with E-state index >= 15 is 0 Å². The molecule has 2 nitrogen and oxygen atoms in total. The van der Waals surface area contributed by atoms with Crippen LogP contribution in [0.1, 0.15) is 32.1 Å². The van der Waals surface area contributed by atoms with Crippen LogP contribution in [0.4, 0.5) is 13.2 Å². The summed E-state index contributed by atoms with van der Waals surface area (Å²) in [5.74, 6) is 1.69. The third-order valence-corrected chi connectivity index (χ3v) is 3.91. The van der Waals surface area contributed by atoms with Crippen LogP contribution < -0.4 is 5.32 Å². The molecular weight excluding hydrogens is 241 g/mol. The highest BCUT2D eigenvalue weighted by atomic mass is 19.4. The molecule has 0 aromatic heterocycles. The average Bonchev–Trinajstić information content (AvgIpc) is 3.13. The summed E-state index contributed by atoms with van der Waals surface area (Å²) in [6.07, 6.45) is 0.580. The molecule has 0 unspecified atom stereocenters. The molecule has 0 spiro atoms. The smallest absolute Gasteiger partial charge is 0.312 e. The van der Waals surface area contributed by atoms with E-state index in [4.69, 9.17) is 0 Å². The number of nitrogens with zero attached hydrogens (tertiary/aromatic N) is 1. The average molecular weight is 264 g/mol. The molecule has 0 atom stereocenters. The topological polar surface area (TPSA) is 15.3 Å². The maximum Gasteiger partial charge on any atom is 0.390 e. The van der Waals surface area contributed by atoms with Gasteiger partial charge in [0, 0.05) is 25.7 Å². The molecular formula is C13H23F3N2. The lowest BCUT2D eigenvalue weighted by molar-refractivity contribution is -0.137. The fourth-order valence-corrected chi connectivity index (χ4v) is 2.48. The zero-order chi connectivity index (χ0) is 13.2. The van der Waals surface area contributed by atoms with E-state index in [0.29, 0.717) is 12.6 Å². The van der Waals surface area contributed by atoms with Crippen molar-refractivity contribution in [3.05, 3.63) is 0 Å². The Balaban J connectivity index is 1.56. The summed E-state index contributed by atoms with van der Waals surface area (Å²) in [5, 5.41) is 3.55. The van der Waals surface area contributed by atoms with Crippen LogP contribution in [0.15, 0.2) is 0 Å². The molecule has 2 aliphatic carbocycles. The molecule has 2 rings (SSSR count). The summed E-state index contributed by atoms with van der Waals surface area (Å²) < 4.78 is 36.2. The number of alkyl halides is 3. The minimum Gasteiger partial charge on any atom is -0.312 e. The van der Waals surface area contributed by atoms with E-state index in [1.54, 1.807) is 11.9 Å². The minimum absolute atomic E-state index is 0.0999. The first-order valence-electron chi connectivity index (χ1n) is 6.94. The summed E-state index contributed by atoms with van der Waals surface area (Å²) in [7, 11) is 1.76. The summed E-state index contributed by atoms with van der Waals surface area (Å²) in [5.41, 5.74) is 0. The quantitative estimate of drug-likeness (QED) is 0.725. The highest BCUT2D eigenvalue weighted by Crippen LogP contribution is 2.44. The van der Waals surface area contributed by atoms with Gasteiger partial charge in [-0.1, -0.05) is 0 Å². The van der Waals surface area contributed by atoms with Gasteiger partial charge in [-0.3, -0.25) is 0 Å². The molecule has 0 aromatic carbocycles. The van der Waals surface area contributed by atoms with Crippen molar-refractivity contribution in [2.75, 3.05) is 26.7 Å². The van der Waals surface area contributed by atoms with Crippen molar-refractivity contribution in [2.24, 2.45) is 11.8 Å². The number of likely N-dealkylation sites (N-methyl/N-ethyl adjacent to an activating group) is 1. The molecule has 2 fully saturated rings. The SMILES string of the molecule is CN(CCNC(C1CC1)C1CC1)CCC(F)(F)F. The van der Waals surface area contributed by atoms with Gasteiger partial charge in [0.05, 0.1) is 6.42 Å². The monoisotopic (exact) mass is 264 g/mol. The van der Waals surface area contributed by atoms with Gasteiger partial charge >= 0.3 is 6.18 Å². The molecule has 0 radical (unpaired) electrons. The normalized spacial score (nSPS) is 21.0. The Hall–Kier alpha value is -0.290. The minimum atomic E-state index is -4.04. The van der Waals surface area contributed by atoms with Gasteiger partial charge in [0.15, 0.2) is 0 Å². The number of halogens is 3. The van der Waals surface area contributed by atoms with E-state index in [9.17, 15) is 13.2 Å². The third kappa shape index (κ3) is 5.14.